The monoisotopic (exact) mass is 296 g/mol. The molecule has 1 saturated carbocycles. The van der Waals surface area contributed by atoms with Crippen molar-refractivity contribution in [3.05, 3.63) is 0 Å². The lowest BCUT2D eigenvalue weighted by Crippen LogP contribution is -2.43. The molecule has 0 aromatic carbocycles. The van der Waals surface area contributed by atoms with Gasteiger partial charge in [-0.2, -0.15) is 0 Å². The van der Waals surface area contributed by atoms with Crippen molar-refractivity contribution in [1.29, 1.82) is 0 Å². The third-order valence-corrected chi connectivity index (χ3v) is 4.79. The van der Waals surface area contributed by atoms with E-state index < -0.39 is 0 Å². The Morgan fingerprint density at radius 3 is 2.05 bits per heavy atom. The lowest BCUT2D eigenvalue weighted by atomic mass is 10.1. The topological polar surface area (TPSA) is 46.3 Å². The van der Waals surface area contributed by atoms with Crippen LogP contribution in [0, 0.1) is 5.92 Å². The summed E-state index contributed by atoms with van der Waals surface area (Å²) in [6, 6.07) is 0.288. The predicted molar refractivity (Wildman–Crippen MR) is 90.2 cm³/mol. The zero-order chi connectivity index (χ0) is 15.5. The molecule has 0 radical (unpaired) electrons. The zero-order valence-corrected chi connectivity index (χ0v) is 14.3. The molecule has 3 heteroatoms. The van der Waals surface area contributed by atoms with Crippen LogP contribution in [0.5, 0.6) is 0 Å². The van der Waals surface area contributed by atoms with Crippen LogP contribution in [0.25, 0.3) is 0 Å². The third-order valence-electron chi connectivity index (χ3n) is 4.79. The molecule has 2 N–H and O–H groups in total. The average molecular weight is 296 g/mol. The summed E-state index contributed by atoms with van der Waals surface area (Å²) < 4.78 is 0. The van der Waals surface area contributed by atoms with Gasteiger partial charge >= 0.3 is 0 Å². The SMILES string of the molecule is CCCCCCCCCCCC(=O)N(C)C(CN)C1CC1. The molecular formula is C18H36N2O. The van der Waals surface area contributed by atoms with Gasteiger partial charge in [0.25, 0.3) is 0 Å². The second kappa shape index (κ2) is 11.1. The first-order valence-electron chi connectivity index (χ1n) is 9.16. The Morgan fingerprint density at radius 2 is 1.57 bits per heavy atom. The first-order valence-corrected chi connectivity index (χ1v) is 9.16. The Labute approximate surface area is 131 Å². The highest BCUT2D eigenvalue weighted by molar-refractivity contribution is 5.76. The maximum absolute atomic E-state index is 12.2. The molecule has 1 unspecified atom stereocenters. The minimum Gasteiger partial charge on any atom is -0.341 e. The standard InChI is InChI=1S/C18H36N2O/c1-3-4-5-6-7-8-9-10-11-12-18(21)20(2)17(15-19)16-13-14-16/h16-17H,3-15,19H2,1-2H3. The van der Waals surface area contributed by atoms with E-state index in [4.69, 9.17) is 5.73 Å². The molecule has 0 bridgehead atoms. The van der Waals surface area contributed by atoms with Gasteiger partial charge in [0, 0.05) is 26.1 Å². The molecule has 3 nitrogen and oxygen atoms in total. The van der Waals surface area contributed by atoms with Crippen molar-refractivity contribution in [3.8, 4) is 0 Å². The smallest absolute Gasteiger partial charge is 0.222 e. The van der Waals surface area contributed by atoms with E-state index in [1.165, 1.54) is 64.2 Å². The van der Waals surface area contributed by atoms with Gasteiger partial charge < -0.3 is 10.6 Å². The van der Waals surface area contributed by atoms with Gasteiger partial charge in [0.05, 0.1) is 0 Å². The van der Waals surface area contributed by atoms with E-state index >= 15 is 0 Å². The lowest BCUT2D eigenvalue weighted by molar-refractivity contribution is -0.132. The van der Waals surface area contributed by atoms with Crippen molar-refractivity contribution < 1.29 is 4.79 Å². The van der Waals surface area contributed by atoms with E-state index in [9.17, 15) is 4.79 Å². The predicted octanol–water partition coefficient (Wildman–Crippen LogP) is 4.10. The summed E-state index contributed by atoms with van der Waals surface area (Å²) in [5.74, 6) is 0.965. The number of carbonyl (C=O) groups excluding carboxylic acids is 1. The summed E-state index contributed by atoms with van der Waals surface area (Å²) in [6.45, 7) is 2.87. The van der Waals surface area contributed by atoms with Crippen LogP contribution in [0.15, 0.2) is 0 Å². The van der Waals surface area contributed by atoms with Crippen LogP contribution in [-0.2, 0) is 4.79 Å². The Bertz CT molecular complexity index is 276. The fourth-order valence-corrected chi connectivity index (χ4v) is 3.10. The molecule has 0 saturated heterocycles. The van der Waals surface area contributed by atoms with Gasteiger partial charge in [0.15, 0.2) is 0 Å². The van der Waals surface area contributed by atoms with Crippen LogP contribution in [0.2, 0.25) is 0 Å². The van der Waals surface area contributed by atoms with Gasteiger partial charge in [-0.25, -0.2) is 0 Å². The minimum atomic E-state index is 0.288. The fraction of sp³-hybridized carbons (Fsp3) is 0.944. The molecule has 1 atom stereocenters. The number of nitrogens with zero attached hydrogens (tertiary/aromatic N) is 1. The highest BCUT2D eigenvalue weighted by Gasteiger charge is 2.34. The molecule has 1 aliphatic carbocycles. The van der Waals surface area contributed by atoms with Gasteiger partial charge in [0.1, 0.15) is 0 Å². The first-order chi connectivity index (χ1) is 10.2. The van der Waals surface area contributed by atoms with Crippen LogP contribution in [-0.4, -0.2) is 30.4 Å². The van der Waals surface area contributed by atoms with Crippen LogP contribution >= 0.6 is 0 Å². The summed E-state index contributed by atoms with van der Waals surface area (Å²) in [6.07, 6.45) is 14.9. The molecule has 0 heterocycles. The van der Waals surface area contributed by atoms with Gasteiger partial charge in [-0.1, -0.05) is 58.3 Å². The number of hydrogen-bond donors (Lipinski definition) is 1. The van der Waals surface area contributed by atoms with Gasteiger partial charge in [-0.15, -0.1) is 0 Å². The molecule has 1 fully saturated rings. The van der Waals surface area contributed by atoms with E-state index in [0.717, 1.165) is 6.42 Å². The maximum Gasteiger partial charge on any atom is 0.222 e. The van der Waals surface area contributed by atoms with E-state index in [-0.39, 0.29) is 6.04 Å². The number of rotatable bonds is 13. The molecule has 21 heavy (non-hydrogen) atoms. The zero-order valence-electron chi connectivity index (χ0n) is 14.3. The molecule has 0 aliphatic heterocycles. The number of nitrogens with two attached hydrogens (primary N) is 1. The average Bonchev–Trinajstić information content (AvgIpc) is 3.30. The Balaban J connectivity index is 1.97. The summed E-state index contributed by atoms with van der Waals surface area (Å²) in [7, 11) is 1.94. The fourth-order valence-electron chi connectivity index (χ4n) is 3.10. The van der Waals surface area contributed by atoms with Gasteiger partial charge in [0.2, 0.25) is 5.91 Å². The summed E-state index contributed by atoms with van der Waals surface area (Å²) in [5.41, 5.74) is 5.80. The Kier molecular flexibility index (Phi) is 9.73. The number of carbonyl (C=O) groups is 1. The first kappa shape index (κ1) is 18.5. The molecule has 1 aliphatic rings. The summed E-state index contributed by atoms with van der Waals surface area (Å²) in [4.78, 5) is 14.1. The Hall–Kier alpha value is -0.570. The van der Waals surface area contributed by atoms with Crippen molar-refractivity contribution in [1.82, 2.24) is 4.90 Å². The highest BCUT2D eigenvalue weighted by Crippen LogP contribution is 2.34. The molecule has 1 amide bonds. The molecule has 0 aromatic heterocycles. The number of amides is 1. The summed E-state index contributed by atoms with van der Waals surface area (Å²) >= 11 is 0. The lowest BCUT2D eigenvalue weighted by Gasteiger charge is -2.27. The van der Waals surface area contributed by atoms with Crippen molar-refractivity contribution in [3.63, 3.8) is 0 Å². The molecular weight excluding hydrogens is 260 g/mol. The normalized spacial score (nSPS) is 16.0. The third kappa shape index (κ3) is 7.85. The van der Waals surface area contributed by atoms with Crippen molar-refractivity contribution in [2.45, 2.75) is 90.0 Å². The van der Waals surface area contributed by atoms with Crippen molar-refractivity contribution in [2.75, 3.05) is 13.6 Å². The maximum atomic E-state index is 12.2. The van der Waals surface area contributed by atoms with Gasteiger partial charge in [-0.05, 0) is 25.2 Å². The molecule has 0 spiro atoms. The largest absolute Gasteiger partial charge is 0.341 e. The van der Waals surface area contributed by atoms with Gasteiger partial charge in [-0.3, -0.25) is 4.79 Å². The van der Waals surface area contributed by atoms with Crippen LogP contribution in [0.1, 0.15) is 84.0 Å². The molecule has 0 aromatic rings. The number of hydrogen-bond acceptors (Lipinski definition) is 2. The second-order valence-corrected chi connectivity index (χ2v) is 6.72. The van der Waals surface area contributed by atoms with E-state index in [1.807, 2.05) is 11.9 Å². The molecule has 1 rings (SSSR count). The van der Waals surface area contributed by atoms with Crippen LogP contribution in [0.4, 0.5) is 0 Å². The summed E-state index contributed by atoms with van der Waals surface area (Å²) in [5, 5.41) is 0. The Morgan fingerprint density at radius 1 is 1.05 bits per heavy atom. The van der Waals surface area contributed by atoms with Crippen molar-refractivity contribution in [2.24, 2.45) is 11.7 Å². The van der Waals surface area contributed by atoms with Crippen LogP contribution < -0.4 is 5.73 Å². The second-order valence-electron chi connectivity index (χ2n) is 6.72. The van der Waals surface area contributed by atoms with Crippen LogP contribution in [0.3, 0.4) is 0 Å². The van der Waals surface area contributed by atoms with Crippen molar-refractivity contribution >= 4 is 5.91 Å². The van der Waals surface area contributed by atoms with E-state index in [0.29, 0.717) is 24.8 Å². The number of likely N-dealkylation sites (N-methyl/N-ethyl adjacent to an activating group) is 1. The quantitative estimate of drug-likeness (QED) is 0.520. The highest BCUT2D eigenvalue weighted by atomic mass is 16.2. The molecule has 124 valence electrons. The van der Waals surface area contributed by atoms with E-state index in [1.54, 1.807) is 0 Å². The number of unbranched alkanes of at least 4 members (excludes halogenated alkanes) is 8. The van der Waals surface area contributed by atoms with E-state index in [2.05, 4.69) is 6.92 Å². The minimum absolute atomic E-state index is 0.288.